The number of hydrogen-bond acceptors (Lipinski definition) is 8. The number of aromatic nitrogens is 3. The lowest BCUT2D eigenvalue weighted by Gasteiger charge is -2.19. The lowest BCUT2D eigenvalue weighted by molar-refractivity contribution is 0.259. The molecule has 0 saturated heterocycles. The molecular formula is C21H32ClN5O4S. The first-order chi connectivity index (χ1) is 15.0. The number of hydrogen-bond donors (Lipinski definition) is 3. The lowest BCUT2D eigenvalue weighted by Crippen LogP contribution is -2.27. The van der Waals surface area contributed by atoms with E-state index >= 15 is 0 Å². The molecule has 0 aliphatic carbocycles. The molecule has 0 saturated carbocycles. The fraction of sp³-hybridized carbons (Fsp3) is 0.571. The van der Waals surface area contributed by atoms with Gasteiger partial charge in [-0.3, -0.25) is 4.72 Å². The minimum atomic E-state index is -3.57. The van der Waals surface area contributed by atoms with E-state index in [2.05, 4.69) is 25.0 Å². The van der Waals surface area contributed by atoms with Crippen molar-refractivity contribution in [2.45, 2.75) is 52.5 Å². The van der Waals surface area contributed by atoms with Crippen molar-refractivity contribution in [3.05, 3.63) is 34.6 Å². The minimum absolute atomic E-state index is 0.00573. The Morgan fingerprint density at radius 2 is 1.84 bits per heavy atom. The molecule has 2 rings (SSSR count). The van der Waals surface area contributed by atoms with Gasteiger partial charge >= 0.3 is 0 Å². The Morgan fingerprint density at radius 3 is 2.41 bits per heavy atom. The van der Waals surface area contributed by atoms with E-state index in [1.807, 2.05) is 45.9 Å². The quantitative estimate of drug-likeness (QED) is 0.417. The summed E-state index contributed by atoms with van der Waals surface area (Å²) >= 11 is 6.32. The fourth-order valence-electron chi connectivity index (χ4n) is 3.21. The van der Waals surface area contributed by atoms with Gasteiger partial charge in [0.15, 0.2) is 0 Å². The number of halogens is 1. The van der Waals surface area contributed by atoms with E-state index in [4.69, 9.17) is 16.3 Å². The van der Waals surface area contributed by atoms with Crippen LogP contribution in [0.25, 0.3) is 0 Å². The molecule has 0 bridgehead atoms. The summed E-state index contributed by atoms with van der Waals surface area (Å²) in [5, 5.41) is 13.3. The van der Waals surface area contributed by atoms with Gasteiger partial charge in [-0.2, -0.15) is 15.0 Å². The number of sulfonamides is 1. The zero-order valence-electron chi connectivity index (χ0n) is 19.1. The SMILES string of the molecule is CCOc1ccc(C(C)Cc2nc(N[C@@H](CO)CC(C)C)nc(NS(C)(=O)=O)n2)cc1Cl. The van der Waals surface area contributed by atoms with Gasteiger partial charge in [0.2, 0.25) is 21.9 Å². The summed E-state index contributed by atoms with van der Waals surface area (Å²) in [7, 11) is -3.57. The van der Waals surface area contributed by atoms with E-state index in [1.165, 1.54) is 0 Å². The smallest absolute Gasteiger partial charge is 0.241 e. The van der Waals surface area contributed by atoms with Crippen molar-refractivity contribution in [3.8, 4) is 5.75 Å². The third-order valence-corrected chi connectivity index (χ3v) is 5.43. The van der Waals surface area contributed by atoms with Gasteiger partial charge in [-0.25, -0.2) is 8.42 Å². The molecule has 0 spiro atoms. The highest BCUT2D eigenvalue weighted by atomic mass is 35.5. The van der Waals surface area contributed by atoms with Crippen LogP contribution in [0.3, 0.4) is 0 Å². The highest BCUT2D eigenvalue weighted by Crippen LogP contribution is 2.30. The van der Waals surface area contributed by atoms with Crippen molar-refractivity contribution in [1.29, 1.82) is 0 Å². The van der Waals surface area contributed by atoms with E-state index in [0.29, 0.717) is 42.0 Å². The van der Waals surface area contributed by atoms with Crippen LogP contribution < -0.4 is 14.8 Å². The molecule has 0 aliphatic rings. The number of anilines is 2. The van der Waals surface area contributed by atoms with Crippen molar-refractivity contribution < 1.29 is 18.3 Å². The van der Waals surface area contributed by atoms with Crippen molar-refractivity contribution in [2.75, 3.05) is 29.5 Å². The van der Waals surface area contributed by atoms with E-state index in [1.54, 1.807) is 0 Å². The predicted octanol–water partition coefficient (Wildman–Crippen LogP) is 3.46. The van der Waals surface area contributed by atoms with E-state index in [0.717, 1.165) is 11.8 Å². The van der Waals surface area contributed by atoms with Crippen molar-refractivity contribution in [1.82, 2.24) is 15.0 Å². The summed E-state index contributed by atoms with van der Waals surface area (Å²) in [6.07, 6.45) is 2.16. The molecule has 2 atom stereocenters. The summed E-state index contributed by atoms with van der Waals surface area (Å²) in [6.45, 7) is 8.41. The van der Waals surface area contributed by atoms with Crippen LogP contribution in [-0.4, -0.2) is 54.0 Å². The molecule has 9 nitrogen and oxygen atoms in total. The molecule has 0 fully saturated rings. The van der Waals surface area contributed by atoms with Crippen molar-refractivity contribution >= 4 is 33.5 Å². The first-order valence-electron chi connectivity index (χ1n) is 10.5. The highest BCUT2D eigenvalue weighted by Gasteiger charge is 2.17. The third-order valence-electron chi connectivity index (χ3n) is 4.58. The zero-order chi connectivity index (χ0) is 23.9. The molecule has 1 unspecified atom stereocenters. The minimum Gasteiger partial charge on any atom is -0.492 e. The predicted molar refractivity (Wildman–Crippen MR) is 127 cm³/mol. The first-order valence-corrected chi connectivity index (χ1v) is 12.8. The number of ether oxygens (including phenoxy) is 1. The standard InChI is InChI=1S/C21H32ClN5O4S/c1-6-31-18-8-7-15(11-17(18)22)14(4)10-19-24-20(23-16(12-28)9-13(2)3)26-21(25-19)27-32(5,29)30/h7-8,11,13-14,16,28H,6,9-10,12H2,1-5H3,(H2,23,24,25,26,27)/t14?,16-/m1/s1. The maximum atomic E-state index is 11.7. The van der Waals surface area contributed by atoms with Crippen LogP contribution in [0.4, 0.5) is 11.9 Å². The van der Waals surface area contributed by atoms with Gasteiger partial charge in [0.1, 0.15) is 11.6 Å². The van der Waals surface area contributed by atoms with Gasteiger partial charge in [-0.15, -0.1) is 0 Å². The number of aliphatic hydroxyl groups excluding tert-OH is 1. The summed E-state index contributed by atoms with van der Waals surface area (Å²) in [5.41, 5.74) is 0.971. The third kappa shape index (κ3) is 8.40. The Morgan fingerprint density at radius 1 is 1.16 bits per heavy atom. The number of aliphatic hydroxyl groups is 1. The van der Waals surface area contributed by atoms with Gasteiger partial charge in [0.25, 0.3) is 0 Å². The second-order valence-corrected chi connectivity index (χ2v) is 10.3. The largest absolute Gasteiger partial charge is 0.492 e. The average molecular weight is 486 g/mol. The molecule has 1 aromatic carbocycles. The first kappa shape index (κ1) is 26.1. The molecule has 1 heterocycles. The number of rotatable bonds is 12. The maximum absolute atomic E-state index is 11.7. The average Bonchev–Trinajstić information content (AvgIpc) is 2.67. The van der Waals surface area contributed by atoms with Gasteiger partial charge in [0.05, 0.1) is 30.5 Å². The van der Waals surface area contributed by atoms with Crippen LogP contribution in [0.15, 0.2) is 18.2 Å². The van der Waals surface area contributed by atoms with Crippen LogP contribution in [0, 0.1) is 5.92 Å². The normalized spacial score (nSPS) is 13.6. The molecule has 0 radical (unpaired) electrons. The second-order valence-electron chi connectivity index (χ2n) is 8.15. The number of benzene rings is 1. The molecule has 2 aromatic rings. The van der Waals surface area contributed by atoms with Crippen LogP contribution in [-0.2, 0) is 16.4 Å². The summed E-state index contributed by atoms with van der Waals surface area (Å²) in [4.78, 5) is 12.9. The Bertz CT molecular complexity index is 1000. The topological polar surface area (TPSA) is 126 Å². The van der Waals surface area contributed by atoms with Crippen molar-refractivity contribution in [3.63, 3.8) is 0 Å². The van der Waals surface area contributed by atoms with E-state index in [-0.39, 0.29) is 30.5 Å². The molecule has 0 aliphatic heterocycles. The Labute approximate surface area is 195 Å². The molecule has 1 aromatic heterocycles. The second kappa shape index (κ2) is 11.6. The maximum Gasteiger partial charge on any atom is 0.241 e. The van der Waals surface area contributed by atoms with Crippen LogP contribution in [0.5, 0.6) is 5.75 Å². The Kier molecular flexibility index (Phi) is 9.47. The van der Waals surface area contributed by atoms with Gasteiger partial charge in [0, 0.05) is 6.42 Å². The summed E-state index contributed by atoms with van der Waals surface area (Å²) in [6, 6.07) is 5.34. The Balaban J connectivity index is 2.30. The van der Waals surface area contributed by atoms with Crippen LogP contribution in [0.2, 0.25) is 5.02 Å². The van der Waals surface area contributed by atoms with E-state index < -0.39 is 10.0 Å². The van der Waals surface area contributed by atoms with Gasteiger partial charge < -0.3 is 15.2 Å². The molecule has 32 heavy (non-hydrogen) atoms. The lowest BCUT2D eigenvalue weighted by atomic mass is 9.97. The molecule has 11 heteroatoms. The van der Waals surface area contributed by atoms with Crippen LogP contribution >= 0.6 is 11.6 Å². The zero-order valence-corrected chi connectivity index (χ0v) is 20.7. The van der Waals surface area contributed by atoms with Crippen molar-refractivity contribution in [2.24, 2.45) is 5.92 Å². The van der Waals surface area contributed by atoms with Crippen LogP contribution in [0.1, 0.15) is 51.4 Å². The van der Waals surface area contributed by atoms with E-state index in [9.17, 15) is 13.5 Å². The monoisotopic (exact) mass is 485 g/mol. The van der Waals surface area contributed by atoms with Gasteiger partial charge in [-0.1, -0.05) is 38.4 Å². The molecule has 178 valence electrons. The number of nitrogens with one attached hydrogen (secondary N) is 2. The Hall–Kier alpha value is -2.17. The fourth-order valence-corrected chi connectivity index (χ4v) is 3.87. The molecule has 0 amide bonds. The molecular weight excluding hydrogens is 454 g/mol. The number of nitrogens with zero attached hydrogens (tertiary/aromatic N) is 3. The highest BCUT2D eigenvalue weighted by molar-refractivity contribution is 7.91. The summed E-state index contributed by atoms with van der Waals surface area (Å²) in [5.74, 6) is 1.51. The summed E-state index contributed by atoms with van der Waals surface area (Å²) < 4.78 is 31.2. The molecule has 3 N–H and O–H groups in total. The van der Waals surface area contributed by atoms with Gasteiger partial charge in [-0.05, 0) is 42.9 Å².